The molecule has 0 saturated carbocycles. The van der Waals surface area contributed by atoms with Gasteiger partial charge in [0.2, 0.25) is 0 Å². The van der Waals surface area contributed by atoms with E-state index in [1.165, 1.54) is 6.20 Å². The van der Waals surface area contributed by atoms with E-state index in [0.29, 0.717) is 17.3 Å². The number of nitrogens with one attached hydrogen (secondary N) is 1. The molecule has 126 valence electrons. The number of hydrogen-bond donors (Lipinski definition) is 1. The molecule has 1 amide bonds. The molecule has 6 nitrogen and oxygen atoms in total. The summed E-state index contributed by atoms with van der Waals surface area (Å²) < 4.78 is 0. The molecule has 3 heterocycles. The second-order valence-electron chi connectivity index (χ2n) is 5.86. The van der Waals surface area contributed by atoms with Crippen LogP contribution in [0.25, 0.3) is 0 Å². The highest BCUT2D eigenvalue weighted by atomic mass is 35.5. The van der Waals surface area contributed by atoms with E-state index >= 15 is 0 Å². The van der Waals surface area contributed by atoms with Gasteiger partial charge in [0.05, 0.1) is 0 Å². The van der Waals surface area contributed by atoms with Crippen LogP contribution in [0.2, 0.25) is 5.15 Å². The third kappa shape index (κ3) is 4.21. The van der Waals surface area contributed by atoms with Crippen molar-refractivity contribution in [1.82, 2.24) is 20.2 Å². The highest BCUT2D eigenvalue weighted by Crippen LogP contribution is 2.14. The summed E-state index contributed by atoms with van der Waals surface area (Å²) in [6.45, 7) is 4.50. The van der Waals surface area contributed by atoms with Gasteiger partial charge < -0.3 is 15.1 Å². The van der Waals surface area contributed by atoms with Crippen LogP contribution in [0.15, 0.2) is 36.7 Å². The van der Waals surface area contributed by atoms with Crippen LogP contribution in [-0.2, 0) is 6.54 Å². The number of carbonyl (C=O) groups is 1. The predicted octanol–water partition coefficient (Wildman–Crippen LogP) is 1.81. The molecule has 1 aliphatic heterocycles. The minimum atomic E-state index is -0.178. The van der Waals surface area contributed by atoms with Gasteiger partial charge in [0.1, 0.15) is 11.0 Å². The van der Waals surface area contributed by atoms with Crippen LogP contribution in [0.3, 0.4) is 0 Å². The van der Waals surface area contributed by atoms with Crippen LogP contribution in [-0.4, -0.2) is 54.0 Å². The Hall–Kier alpha value is -2.18. The molecule has 0 bridgehead atoms. The van der Waals surface area contributed by atoms with Crippen molar-refractivity contribution < 1.29 is 4.79 Å². The second kappa shape index (κ2) is 7.59. The molecule has 1 saturated heterocycles. The molecule has 0 spiro atoms. The van der Waals surface area contributed by atoms with E-state index in [2.05, 4.69) is 32.1 Å². The summed E-state index contributed by atoms with van der Waals surface area (Å²) in [5.74, 6) is 0.807. The van der Waals surface area contributed by atoms with Crippen molar-refractivity contribution >= 4 is 23.3 Å². The van der Waals surface area contributed by atoms with Gasteiger partial charge in [0.15, 0.2) is 0 Å². The van der Waals surface area contributed by atoms with Crippen molar-refractivity contribution in [2.75, 3.05) is 38.1 Å². The lowest BCUT2D eigenvalue weighted by atomic mass is 10.2. The zero-order valence-electron chi connectivity index (χ0n) is 13.6. The number of piperazine rings is 1. The minimum Gasteiger partial charge on any atom is -0.354 e. The summed E-state index contributed by atoms with van der Waals surface area (Å²) in [4.78, 5) is 25.1. The first-order chi connectivity index (χ1) is 11.6. The number of aromatic nitrogens is 2. The van der Waals surface area contributed by atoms with E-state index in [1.807, 2.05) is 18.3 Å². The van der Waals surface area contributed by atoms with Gasteiger partial charge in [-0.2, -0.15) is 0 Å². The Morgan fingerprint density at radius 1 is 1.21 bits per heavy atom. The van der Waals surface area contributed by atoms with Gasteiger partial charge in [-0.3, -0.25) is 4.79 Å². The molecule has 1 fully saturated rings. The van der Waals surface area contributed by atoms with Gasteiger partial charge in [0.25, 0.3) is 5.91 Å². The number of likely N-dealkylation sites (N-methyl/N-ethyl adjacent to an activating group) is 1. The summed E-state index contributed by atoms with van der Waals surface area (Å²) in [6, 6.07) is 7.19. The number of pyridine rings is 2. The van der Waals surface area contributed by atoms with Crippen LogP contribution in [0.4, 0.5) is 5.82 Å². The van der Waals surface area contributed by atoms with Crippen molar-refractivity contribution in [3.05, 3.63) is 52.9 Å². The molecule has 24 heavy (non-hydrogen) atoms. The van der Waals surface area contributed by atoms with Crippen LogP contribution < -0.4 is 10.2 Å². The Labute approximate surface area is 146 Å². The molecule has 0 aliphatic carbocycles. The largest absolute Gasteiger partial charge is 0.354 e. The van der Waals surface area contributed by atoms with Crippen molar-refractivity contribution in [2.45, 2.75) is 6.54 Å². The van der Waals surface area contributed by atoms with E-state index in [4.69, 9.17) is 11.6 Å². The maximum absolute atomic E-state index is 12.1. The van der Waals surface area contributed by atoms with Gasteiger partial charge >= 0.3 is 0 Å². The fourth-order valence-corrected chi connectivity index (χ4v) is 2.75. The standard InChI is InChI=1S/C17H20ClN5O/c1-22-6-8-23(9-7-22)16-3-2-13(11-20-16)12-21-17(24)14-4-5-19-15(18)10-14/h2-5,10-11H,6-9,12H2,1H3,(H,21,24). The van der Waals surface area contributed by atoms with Crippen LogP contribution in [0.1, 0.15) is 15.9 Å². The van der Waals surface area contributed by atoms with Gasteiger partial charge in [-0.1, -0.05) is 17.7 Å². The van der Waals surface area contributed by atoms with Crippen molar-refractivity contribution in [1.29, 1.82) is 0 Å². The Kier molecular flexibility index (Phi) is 5.27. The maximum atomic E-state index is 12.1. The van der Waals surface area contributed by atoms with E-state index in [9.17, 15) is 4.79 Å². The Morgan fingerprint density at radius 2 is 2.00 bits per heavy atom. The molecule has 0 radical (unpaired) electrons. The molecule has 2 aromatic rings. The lowest BCUT2D eigenvalue weighted by molar-refractivity contribution is 0.0951. The van der Waals surface area contributed by atoms with E-state index in [-0.39, 0.29) is 5.91 Å². The summed E-state index contributed by atoms with van der Waals surface area (Å²) >= 11 is 5.80. The monoisotopic (exact) mass is 345 g/mol. The number of halogens is 1. The quantitative estimate of drug-likeness (QED) is 0.856. The van der Waals surface area contributed by atoms with Crippen LogP contribution >= 0.6 is 11.6 Å². The molecule has 7 heteroatoms. The molecule has 0 unspecified atom stereocenters. The smallest absolute Gasteiger partial charge is 0.251 e. The lowest BCUT2D eigenvalue weighted by Crippen LogP contribution is -2.44. The number of hydrogen-bond acceptors (Lipinski definition) is 5. The molecular weight excluding hydrogens is 326 g/mol. The first-order valence-corrected chi connectivity index (χ1v) is 8.28. The normalized spacial score (nSPS) is 15.3. The Morgan fingerprint density at radius 3 is 2.67 bits per heavy atom. The number of nitrogens with zero attached hydrogens (tertiary/aromatic N) is 4. The van der Waals surface area contributed by atoms with Gasteiger partial charge in [0, 0.05) is 50.7 Å². The van der Waals surface area contributed by atoms with Gasteiger partial charge in [-0.15, -0.1) is 0 Å². The maximum Gasteiger partial charge on any atom is 0.251 e. The predicted molar refractivity (Wildman–Crippen MR) is 94.4 cm³/mol. The molecule has 1 N–H and O–H groups in total. The lowest BCUT2D eigenvalue weighted by Gasteiger charge is -2.33. The summed E-state index contributed by atoms with van der Waals surface area (Å²) in [5, 5.41) is 3.17. The van der Waals surface area contributed by atoms with Crippen LogP contribution in [0.5, 0.6) is 0 Å². The average Bonchev–Trinajstić information content (AvgIpc) is 2.61. The summed E-state index contributed by atoms with van der Waals surface area (Å²) in [7, 11) is 2.13. The number of rotatable bonds is 4. The molecule has 0 aromatic carbocycles. The summed E-state index contributed by atoms with van der Waals surface area (Å²) in [5.41, 5.74) is 1.46. The summed E-state index contributed by atoms with van der Waals surface area (Å²) in [6.07, 6.45) is 3.33. The first kappa shape index (κ1) is 16.7. The molecule has 2 aromatic heterocycles. The topological polar surface area (TPSA) is 61.4 Å². The molecular formula is C17H20ClN5O. The average molecular weight is 346 g/mol. The first-order valence-electron chi connectivity index (χ1n) is 7.90. The Balaban J connectivity index is 1.55. The minimum absolute atomic E-state index is 0.178. The molecule has 1 aliphatic rings. The van der Waals surface area contributed by atoms with E-state index in [1.54, 1.807) is 12.1 Å². The van der Waals surface area contributed by atoms with Crippen molar-refractivity contribution in [3.8, 4) is 0 Å². The third-order valence-corrected chi connectivity index (χ3v) is 4.28. The number of amides is 1. The third-order valence-electron chi connectivity index (χ3n) is 4.08. The van der Waals surface area contributed by atoms with Crippen molar-refractivity contribution in [2.24, 2.45) is 0 Å². The zero-order chi connectivity index (χ0) is 16.9. The fourth-order valence-electron chi connectivity index (χ4n) is 2.57. The van der Waals surface area contributed by atoms with Crippen molar-refractivity contribution in [3.63, 3.8) is 0 Å². The number of anilines is 1. The second-order valence-corrected chi connectivity index (χ2v) is 6.25. The molecule has 3 rings (SSSR count). The zero-order valence-corrected chi connectivity index (χ0v) is 14.3. The van der Waals surface area contributed by atoms with Gasteiger partial charge in [-0.05, 0) is 30.8 Å². The fraction of sp³-hybridized carbons (Fsp3) is 0.353. The van der Waals surface area contributed by atoms with Gasteiger partial charge in [-0.25, -0.2) is 9.97 Å². The molecule has 0 atom stereocenters. The van der Waals surface area contributed by atoms with E-state index < -0.39 is 0 Å². The van der Waals surface area contributed by atoms with E-state index in [0.717, 1.165) is 37.6 Å². The highest BCUT2D eigenvalue weighted by Gasteiger charge is 2.15. The number of carbonyl (C=O) groups excluding carboxylic acids is 1. The SMILES string of the molecule is CN1CCN(c2ccc(CNC(=O)c3ccnc(Cl)c3)cn2)CC1. The Bertz CT molecular complexity index is 698. The highest BCUT2D eigenvalue weighted by molar-refractivity contribution is 6.29. The van der Waals surface area contributed by atoms with Crippen LogP contribution in [0, 0.1) is 0 Å².